The zero-order valence-electron chi connectivity index (χ0n) is 26.7. The van der Waals surface area contributed by atoms with Crippen molar-refractivity contribution in [1.82, 2.24) is 9.13 Å². The molecule has 0 aliphatic heterocycles. The number of aromatic nitrogens is 2. The molecule has 50 heavy (non-hydrogen) atoms. The highest BCUT2D eigenvalue weighted by molar-refractivity contribution is 6.12. The summed E-state index contributed by atoms with van der Waals surface area (Å²) in [4.78, 5) is 11.3. The lowest BCUT2D eigenvalue weighted by atomic mass is 9.92. The highest BCUT2D eigenvalue weighted by atomic mass is 15.0. The van der Waals surface area contributed by atoms with E-state index < -0.39 is 0 Å². The standard InChI is InChI=1S/C45H25N5/c1-46-30-19-22-34(29-11-10-12-33(25-29)49-41-16-7-4-13-35(41)38-23-20-32(48-3)28-45(38)49)39(26-30)36-14-5-8-17-42(36)50-43-18-9-6-15-37(43)40-27-31(47-2)21-24-44(40)50/h4-28H. The van der Waals surface area contributed by atoms with Crippen LogP contribution in [0.1, 0.15) is 0 Å². The number of hydrogen-bond donors (Lipinski definition) is 0. The van der Waals surface area contributed by atoms with Crippen LogP contribution in [0.3, 0.4) is 0 Å². The molecule has 7 aromatic carbocycles. The van der Waals surface area contributed by atoms with Crippen molar-refractivity contribution < 1.29 is 0 Å². The fraction of sp³-hybridized carbons (Fsp3) is 0. The van der Waals surface area contributed by atoms with E-state index in [1.807, 2.05) is 78.9 Å². The van der Waals surface area contributed by atoms with E-state index >= 15 is 0 Å². The molecule has 0 saturated heterocycles. The zero-order valence-corrected chi connectivity index (χ0v) is 26.7. The van der Waals surface area contributed by atoms with Crippen LogP contribution in [0.2, 0.25) is 0 Å². The molecule has 0 fully saturated rings. The molecule has 2 aromatic heterocycles. The average Bonchev–Trinajstić information content (AvgIpc) is 3.69. The van der Waals surface area contributed by atoms with Crippen LogP contribution >= 0.6 is 0 Å². The highest BCUT2D eigenvalue weighted by Crippen LogP contribution is 2.42. The maximum atomic E-state index is 7.91. The summed E-state index contributed by atoms with van der Waals surface area (Å²) >= 11 is 0. The van der Waals surface area contributed by atoms with Crippen LogP contribution < -0.4 is 0 Å². The van der Waals surface area contributed by atoms with Crippen molar-refractivity contribution in [3.63, 3.8) is 0 Å². The molecule has 0 aliphatic rings. The summed E-state index contributed by atoms with van der Waals surface area (Å²) in [5.74, 6) is 0. The van der Waals surface area contributed by atoms with E-state index in [0.29, 0.717) is 17.1 Å². The van der Waals surface area contributed by atoms with Crippen LogP contribution in [0.25, 0.3) is 91.8 Å². The lowest BCUT2D eigenvalue weighted by molar-refractivity contribution is 1.18. The Morgan fingerprint density at radius 2 is 0.960 bits per heavy atom. The van der Waals surface area contributed by atoms with Gasteiger partial charge in [0.15, 0.2) is 17.1 Å². The van der Waals surface area contributed by atoms with Crippen molar-refractivity contribution in [3.8, 4) is 33.6 Å². The Morgan fingerprint density at radius 3 is 1.76 bits per heavy atom. The van der Waals surface area contributed by atoms with Gasteiger partial charge in [0, 0.05) is 32.9 Å². The fourth-order valence-corrected chi connectivity index (χ4v) is 7.38. The maximum Gasteiger partial charge on any atom is 0.189 e. The minimum Gasteiger partial charge on any atom is -0.310 e. The molecule has 5 nitrogen and oxygen atoms in total. The van der Waals surface area contributed by atoms with Gasteiger partial charge in [0.05, 0.1) is 42.0 Å². The van der Waals surface area contributed by atoms with E-state index in [4.69, 9.17) is 19.7 Å². The van der Waals surface area contributed by atoms with Crippen LogP contribution in [0.5, 0.6) is 0 Å². The Labute approximate surface area is 288 Å². The number of fused-ring (bicyclic) bond motifs is 6. The average molecular weight is 636 g/mol. The molecular weight excluding hydrogens is 611 g/mol. The Kier molecular flexibility index (Phi) is 6.56. The lowest BCUT2D eigenvalue weighted by Crippen LogP contribution is -1.98. The molecule has 0 atom stereocenters. The quantitative estimate of drug-likeness (QED) is 0.172. The maximum absolute atomic E-state index is 7.91. The minimum absolute atomic E-state index is 0.563. The van der Waals surface area contributed by atoms with E-state index in [1.165, 1.54) is 0 Å². The van der Waals surface area contributed by atoms with Gasteiger partial charge < -0.3 is 9.13 Å². The number of rotatable bonds is 4. The van der Waals surface area contributed by atoms with Gasteiger partial charge in [0.2, 0.25) is 0 Å². The van der Waals surface area contributed by atoms with Crippen LogP contribution in [-0.2, 0) is 0 Å². The Morgan fingerprint density at radius 1 is 0.360 bits per heavy atom. The van der Waals surface area contributed by atoms with E-state index in [0.717, 1.165) is 77.2 Å². The minimum atomic E-state index is 0.563. The number of benzene rings is 7. The van der Waals surface area contributed by atoms with Gasteiger partial charge >= 0.3 is 0 Å². The predicted octanol–water partition coefficient (Wildman–Crippen LogP) is 12.9. The molecule has 9 rings (SSSR count). The Balaban J connectivity index is 1.29. The van der Waals surface area contributed by atoms with Gasteiger partial charge in [0.25, 0.3) is 0 Å². The first-order chi connectivity index (χ1) is 24.7. The first-order valence-corrected chi connectivity index (χ1v) is 16.2. The van der Waals surface area contributed by atoms with Gasteiger partial charge in [-0.1, -0.05) is 97.1 Å². The molecule has 2 heterocycles. The van der Waals surface area contributed by atoms with Gasteiger partial charge in [-0.05, 0) is 76.7 Å². The van der Waals surface area contributed by atoms with Crippen molar-refractivity contribution in [2.24, 2.45) is 0 Å². The van der Waals surface area contributed by atoms with Gasteiger partial charge in [-0.25, -0.2) is 14.5 Å². The molecule has 5 heteroatoms. The van der Waals surface area contributed by atoms with Crippen molar-refractivity contribution in [2.45, 2.75) is 0 Å². The normalized spacial score (nSPS) is 11.1. The molecule has 0 aliphatic carbocycles. The SMILES string of the molecule is [C-]#[N+]c1ccc(-c2cccc(-n3c4ccccc4c4ccc([N+]#[C-])cc43)c2)c(-c2ccccc2-n2c3ccccc3c3cc([N+]#[C-])ccc32)c1. The van der Waals surface area contributed by atoms with Crippen LogP contribution in [0.4, 0.5) is 17.1 Å². The third-order valence-electron chi connectivity index (χ3n) is 9.55. The Hall–Kier alpha value is -7.39. The van der Waals surface area contributed by atoms with Gasteiger partial charge in [-0.2, -0.15) is 0 Å². The topological polar surface area (TPSA) is 22.9 Å². The lowest BCUT2D eigenvalue weighted by Gasteiger charge is -2.18. The predicted molar refractivity (Wildman–Crippen MR) is 205 cm³/mol. The second-order valence-corrected chi connectivity index (χ2v) is 12.2. The molecule has 0 spiro atoms. The number of para-hydroxylation sites is 3. The van der Waals surface area contributed by atoms with Crippen molar-refractivity contribution in [2.75, 3.05) is 0 Å². The third-order valence-corrected chi connectivity index (χ3v) is 9.55. The van der Waals surface area contributed by atoms with Crippen LogP contribution in [0, 0.1) is 19.7 Å². The summed E-state index contributed by atoms with van der Waals surface area (Å²) in [7, 11) is 0. The monoisotopic (exact) mass is 635 g/mol. The van der Waals surface area contributed by atoms with Crippen molar-refractivity contribution >= 4 is 60.7 Å². The summed E-state index contributed by atoms with van der Waals surface area (Å²) in [5.41, 5.74) is 11.8. The largest absolute Gasteiger partial charge is 0.310 e. The Bertz CT molecular complexity index is 2970. The summed E-state index contributed by atoms with van der Waals surface area (Å²) in [5, 5.41) is 4.34. The third kappa shape index (κ3) is 4.38. The molecule has 0 bridgehead atoms. The summed E-state index contributed by atoms with van der Waals surface area (Å²) in [6.45, 7) is 23.2. The number of hydrogen-bond acceptors (Lipinski definition) is 0. The summed E-state index contributed by atoms with van der Waals surface area (Å²) < 4.78 is 4.50. The second kappa shape index (κ2) is 11.4. The van der Waals surface area contributed by atoms with E-state index in [2.05, 4.69) is 96.5 Å². The van der Waals surface area contributed by atoms with Gasteiger partial charge in [-0.15, -0.1) is 0 Å². The van der Waals surface area contributed by atoms with Crippen molar-refractivity contribution in [3.05, 3.63) is 186 Å². The van der Waals surface area contributed by atoms with Gasteiger partial charge in [0.1, 0.15) is 0 Å². The van der Waals surface area contributed by atoms with Crippen LogP contribution in [-0.4, -0.2) is 9.13 Å². The van der Waals surface area contributed by atoms with E-state index in [1.54, 1.807) is 0 Å². The first kappa shape index (κ1) is 28.8. The molecule has 0 amide bonds. The summed E-state index contributed by atoms with van der Waals surface area (Å²) in [6.07, 6.45) is 0. The van der Waals surface area contributed by atoms with Crippen LogP contribution in [0.15, 0.2) is 152 Å². The van der Waals surface area contributed by atoms with Gasteiger partial charge in [-0.3, -0.25) is 0 Å². The second-order valence-electron chi connectivity index (χ2n) is 12.2. The summed E-state index contributed by atoms with van der Waals surface area (Å²) in [6, 6.07) is 51.2. The zero-order chi connectivity index (χ0) is 33.8. The molecular formula is C45H25N5. The fourth-order valence-electron chi connectivity index (χ4n) is 7.38. The molecule has 0 unspecified atom stereocenters. The molecule has 230 valence electrons. The molecule has 9 aromatic rings. The smallest absolute Gasteiger partial charge is 0.189 e. The number of nitrogens with zero attached hydrogens (tertiary/aromatic N) is 5. The van der Waals surface area contributed by atoms with Crippen molar-refractivity contribution in [1.29, 1.82) is 0 Å². The highest BCUT2D eigenvalue weighted by Gasteiger charge is 2.19. The molecule has 0 N–H and O–H groups in total. The first-order valence-electron chi connectivity index (χ1n) is 16.2. The van der Waals surface area contributed by atoms with E-state index in [9.17, 15) is 0 Å². The molecule has 0 radical (unpaired) electrons. The van der Waals surface area contributed by atoms with E-state index in [-0.39, 0.29) is 0 Å². The molecule has 0 saturated carbocycles.